The van der Waals surface area contributed by atoms with Crippen molar-refractivity contribution in [1.82, 2.24) is 5.32 Å². The average Bonchev–Trinajstić information content (AvgIpc) is 1.88. The summed E-state index contributed by atoms with van der Waals surface area (Å²) in [5.41, 5.74) is 5.04. The van der Waals surface area contributed by atoms with E-state index in [-0.39, 0.29) is 5.91 Å². The predicted octanol–water partition coefficient (Wildman–Crippen LogP) is -3.04. The molecule has 0 aromatic rings. The van der Waals surface area contributed by atoms with Crippen LogP contribution in [0.3, 0.4) is 0 Å². The van der Waals surface area contributed by atoms with E-state index in [1.54, 1.807) is 0 Å². The zero-order valence-electron chi connectivity index (χ0n) is 6.02. The van der Waals surface area contributed by atoms with E-state index in [1.807, 2.05) is 0 Å². The van der Waals surface area contributed by atoms with Crippen molar-refractivity contribution in [2.24, 2.45) is 5.73 Å². The second-order valence-electron chi connectivity index (χ2n) is 2.64. The summed E-state index contributed by atoms with van der Waals surface area (Å²) in [6.45, 7) is 4.53. The smallest absolute Gasteiger partial charge is 0.272 e. The number of hydrogen-bond acceptors (Lipinski definition) is 2. The lowest BCUT2D eigenvalue weighted by Crippen LogP contribution is -3.15. The van der Waals surface area contributed by atoms with Crippen LogP contribution in [0.25, 0.3) is 0 Å². The minimum Gasteiger partial charge on any atom is -0.365 e. The molecule has 1 aliphatic rings. The normalized spacial score (nSPS) is 20.8. The lowest BCUT2D eigenvalue weighted by molar-refractivity contribution is -0.893. The van der Waals surface area contributed by atoms with Crippen molar-refractivity contribution in [3.8, 4) is 0 Å². The van der Waals surface area contributed by atoms with Gasteiger partial charge < -0.3 is 16.0 Å². The number of amides is 1. The first kappa shape index (κ1) is 7.50. The molecular weight excluding hydrogens is 130 g/mol. The van der Waals surface area contributed by atoms with E-state index in [0.29, 0.717) is 6.54 Å². The Morgan fingerprint density at radius 1 is 1.50 bits per heavy atom. The van der Waals surface area contributed by atoms with Crippen molar-refractivity contribution < 1.29 is 9.69 Å². The Balaban J connectivity index is 2.19. The molecule has 0 aromatic carbocycles. The van der Waals surface area contributed by atoms with Crippen LogP contribution in [-0.4, -0.2) is 38.6 Å². The van der Waals surface area contributed by atoms with Crippen LogP contribution in [0.1, 0.15) is 0 Å². The lowest BCUT2D eigenvalue weighted by Gasteiger charge is -2.22. The van der Waals surface area contributed by atoms with Crippen molar-refractivity contribution in [2.75, 3.05) is 32.7 Å². The molecular formula is C6H14N3O+. The monoisotopic (exact) mass is 144 g/mol. The first-order valence-corrected chi connectivity index (χ1v) is 3.61. The molecule has 0 bridgehead atoms. The summed E-state index contributed by atoms with van der Waals surface area (Å²) in [6.07, 6.45) is 0. The number of piperazine rings is 1. The van der Waals surface area contributed by atoms with Crippen LogP contribution in [0.2, 0.25) is 0 Å². The predicted molar refractivity (Wildman–Crippen MR) is 37.6 cm³/mol. The number of quaternary nitrogens is 1. The molecule has 4 N–H and O–H groups in total. The highest BCUT2D eigenvalue weighted by molar-refractivity contribution is 5.74. The molecule has 1 heterocycles. The quantitative estimate of drug-likeness (QED) is 0.386. The Hall–Kier alpha value is -0.610. The van der Waals surface area contributed by atoms with Crippen molar-refractivity contribution in [3.05, 3.63) is 0 Å². The van der Waals surface area contributed by atoms with E-state index >= 15 is 0 Å². The topological polar surface area (TPSA) is 59.6 Å². The molecule has 0 atom stereocenters. The molecule has 58 valence electrons. The second-order valence-corrected chi connectivity index (χ2v) is 2.64. The van der Waals surface area contributed by atoms with Gasteiger partial charge in [-0.2, -0.15) is 0 Å². The van der Waals surface area contributed by atoms with Gasteiger partial charge >= 0.3 is 0 Å². The van der Waals surface area contributed by atoms with Crippen molar-refractivity contribution in [2.45, 2.75) is 0 Å². The zero-order valence-corrected chi connectivity index (χ0v) is 6.02. The minimum atomic E-state index is -0.197. The number of rotatable bonds is 2. The van der Waals surface area contributed by atoms with Gasteiger partial charge in [0.25, 0.3) is 5.91 Å². The van der Waals surface area contributed by atoms with Gasteiger partial charge in [-0.1, -0.05) is 0 Å². The minimum absolute atomic E-state index is 0.197. The Labute approximate surface area is 60.4 Å². The van der Waals surface area contributed by atoms with Gasteiger partial charge in [-0.25, -0.2) is 0 Å². The van der Waals surface area contributed by atoms with Gasteiger partial charge in [0.1, 0.15) is 0 Å². The molecule has 0 aliphatic carbocycles. The molecule has 1 fully saturated rings. The van der Waals surface area contributed by atoms with E-state index in [9.17, 15) is 4.79 Å². The molecule has 1 rings (SSSR count). The van der Waals surface area contributed by atoms with Crippen LogP contribution in [0.4, 0.5) is 0 Å². The van der Waals surface area contributed by atoms with Gasteiger partial charge in [-0.05, 0) is 0 Å². The molecule has 10 heavy (non-hydrogen) atoms. The van der Waals surface area contributed by atoms with Gasteiger partial charge in [-0.3, -0.25) is 4.79 Å². The fourth-order valence-electron chi connectivity index (χ4n) is 1.20. The fourth-order valence-corrected chi connectivity index (χ4v) is 1.20. The molecule has 1 saturated heterocycles. The summed E-state index contributed by atoms with van der Waals surface area (Å²) in [7, 11) is 0. The average molecular weight is 144 g/mol. The van der Waals surface area contributed by atoms with E-state index < -0.39 is 0 Å². The van der Waals surface area contributed by atoms with Crippen LogP contribution in [0.15, 0.2) is 0 Å². The van der Waals surface area contributed by atoms with Crippen LogP contribution in [0, 0.1) is 0 Å². The maximum absolute atomic E-state index is 10.4. The lowest BCUT2D eigenvalue weighted by atomic mass is 10.3. The summed E-state index contributed by atoms with van der Waals surface area (Å²) in [4.78, 5) is 11.7. The maximum atomic E-state index is 10.4. The van der Waals surface area contributed by atoms with Crippen molar-refractivity contribution in [1.29, 1.82) is 0 Å². The fraction of sp³-hybridized carbons (Fsp3) is 0.833. The number of carbonyl (C=O) groups is 1. The molecule has 1 amide bonds. The maximum Gasteiger partial charge on any atom is 0.272 e. The number of carbonyl (C=O) groups excluding carboxylic acids is 1. The first-order chi connectivity index (χ1) is 4.79. The van der Waals surface area contributed by atoms with Crippen LogP contribution >= 0.6 is 0 Å². The molecule has 1 aliphatic heterocycles. The van der Waals surface area contributed by atoms with Gasteiger partial charge in [0.15, 0.2) is 6.54 Å². The molecule has 0 unspecified atom stereocenters. The van der Waals surface area contributed by atoms with Crippen LogP contribution in [-0.2, 0) is 4.79 Å². The van der Waals surface area contributed by atoms with Crippen LogP contribution < -0.4 is 16.0 Å². The van der Waals surface area contributed by atoms with Crippen molar-refractivity contribution >= 4 is 5.91 Å². The molecule has 4 heteroatoms. The standard InChI is InChI=1S/C6H13N3O/c7-6(10)5-9-3-1-8-2-4-9/h8H,1-5H2,(H2,7,10)/p+1. The third kappa shape index (κ3) is 2.33. The number of hydrogen-bond donors (Lipinski definition) is 3. The second kappa shape index (κ2) is 3.53. The molecule has 0 aromatic heterocycles. The van der Waals surface area contributed by atoms with E-state index in [2.05, 4.69) is 5.32 Å². The van der Waals surface area contributed by atoms with E-state index in [4.69, 9.17) is 5.73 Å². The Kier molecular flexibility index (Phi) is 2.65. The van der Waals surface area contributed by atoms with E-state index in [1.165, 1.54) is 4.90 Å². The van der Waals surface area contributed by atoms with Gasteiger partial charge in [0.2, 0.25) is 0 Å². The van der Waals surface area contributed by atoms with Crippen molar-refractivity contribution in [3.63, 3.8) is 0 Å². The number of nitrogens with two attached hydrogens (primary N) is 1. The van der Waals surface area contributed by atoms with Gasteiger partial charge in [0, 0.05) is 13.1 Å². The molecule has 0 radical (unpaired) electrons. The SMILES string of the molecule is NC(=O)C[NH+]1CCNCC1. The third-order valence-electron chi connectivity index (χ3n) is 1.73. The summed E-state index contributed by atoms with van der Waals surface area (Å²) in [5.74, 6) is -0.197. The summed E-state index contributed by atoms with van der Waals surface area (Å²) in [5, 5.41) is 3.22. The Morgan fingerprint density at radius 2 is 2.10 bits per heavy atom. The van der Waals surface area contributed by atoms with Gasteiger partial charge in [0.05, 0.1) is 13.1 Å². The Bertz CT molecular complexity index is 120. The molecule has 4 nitrogen and oxygen atoms in total. The summed E-state index contributed by atoms with van der Waals surface area (Å²) >= 11 is 0. The van der Waals surface area contributed by atoms with Crippen LogP contribution in [0.5, 0.6) is 0 Å². The molecule has 0 saturated carbocycles. The Morgan fingerprint density at radius 3 is 2.60 bits per heavy atom. The summed E-state index contributed by atoms with van der Waals surface area (Å²) < 4.78 is 0. The molecule has 0 spiro atoms. The summed E-state index contributed by atoms with van der Waals surface area (Å²) in [6, 6.07) is 0. The number of nitrogens with one attached hydrogen (secondary N) is 2. The largest absolute Gasteiger partial charge is 0.365 e. The number of primary amides is 1. The van der Waals surface area contributed by atoms with E-state index in [0.717, 1.165) is 26.2 Å². The zero-order chi connectivity index (χ0) is 7.40. The third-order valence-corrected chi connectivity index (χ3v) is 1.73. The highest BCUT2D eigenvalue weighted by atomic mass is 16.1. The first-order valence-electron chi connectivity index (χ1n) is 3.61. The van der Waals surface area contributed by atoms with Gasteiger partial charge in [-0.15, -0.1) is 0 Å². The highest BCUT2D eigenvalue weighted by Gasteiger charge is 2.14. The highest BCUT2D eigenvalue weighted by Crippen LogP contribution is 1.62.